The number of rotatable bonds is 5. The van der Waals surface area contributed by atoms with Gasteiger partial charge in [0.1, 0.15) is 5.76 Å². The minimum absolute atomic E-state index is 0.0318. The van der Waals surface area contributed by atoms with Crippen molar-refractivity contribution in [3.63, 3.8) is 0 Å². The first kappa shape index (κ1) is 13.7. The van der Waals surface area contributed by atoms with Crippen molar-refractivity contribution in [2.24, 2.45) is 0 Å². The Morgan fingerprint density at radius 2 is 2.11 bits per heavy atom. The molecule has 0 aliphatic heterocycles. The summed E-state index contributed by atoms with van der Waals surface area (Å²) in [7, 11) is -3.70. The summed E-state index contributed by atoms with van der Waals surface area (Å²) in [5, 5.41) is 9.15. The van der Waals surface area contributed by atoms with Gasteiger partial charge in [-0.25, -0.2) is 18.1 Å². The van der Waals surface area contributed by atoms with Gasteiger partial charge in [0.2, 0.25) is 15.9 Å². The number of aliphatic hydroxyl groups excluding tert-OH is 1. The highest BCUT2D eigenvalue weighted by Gasteiger charge is 2.18. The summed E-state index contributed by atoms with van der Waals surface area (Å²) in [6, 6.07) is 6.27. The lowest BCUT2D eigenvalue weighted by atomic mass is 10.2. The number of nitrogens with one attached hydrogen (secondary N) is 1. The van der Waals surface area contributed by atoms with E-state index in [9.17, 15) is 8.42 Å². The molecule has 0 aliphatic carbocycles. The molecule has 0 amide bonds. The van der Waals surface area contributed by atoms with Crippen LogP contribution in [0, 0.1) is 6.92 Å². The summed E-state index contributed by atoms with van der Waals surface area (Å²) in [5.74, 6) is 0.910. The van der Waals surface area contributed by atoms with Gasteiger partial charge in [-0.05, 0) is 18.6 Å². The van der Waals surface area contributed by atoms with Crippen molar-refractivity contribution in [3.8, 4) is 0 Å². The molecule has 102 valence electrons. The highest BCUT2D eigenvalue weighted by molar-refractivity contribution is 7.89. The second kappa shape index (κ2) is 5.52. The zero-order chi connectivity index (χ0) is 13.9. The number of aromatic nitrogens is 1. The van der Waals surface area contributed by atoms with Crippen molar-refractivity contribution in [1.82, 2.24) is 9.71 Å². The summed E-state index contributed by atoms with van der Waals surface area (Å²) >= 11 is 0. The Kier molecular flexibility index (Phi) is 3.98. The number of sulfonamides is 1. The second-order valence-corrected chi connectivity index (χ2v) is 5.69. The summed E-state index contributed by atoms with van der Waals surface area (Å²) in [6.45, 7) is 1.36. The molecular formula is C12H14N2O4S. The van der Waals surface area contributed by atoms with Crippen LogP contribution in [0.15, 0.2) is 39.8 Å². The van der Waals surface area contributed by atoms with Crippen LogP contribution in [0.5, 0.6) is 0 Å². The Hall–Kier alpha value is -1.70. The number of aliphatic hydroxyl groups is 1. The Morgan fingerprint density at radius 3 is 2.74 bits per heavy atom. The minimum atomic E-state index is -3.70. The maximum atomic E-state index is 12.1. The van der Waals surface area contributed by atoms with E-state index in [1.54, 1.807) is 25.1 Å². The molecule has 0 unspecified atom stereocenters. The van der Waals surface area contributed by atoms with Gasteiger partial charge < -0.3 is 9.52 Å². The van der Waals surface area contributed by atoms with E-state index in [-0.39, 0.29) is 18.0 Å². The molecule has 0 atom stereocenters. The molecule has 2 aromatic rings. The van der Waals surface area contributed by atoms with Gasteiger partial charge in [0, 0.05) is 0 Å². The highest BCUT2D eigenvalue weighted by Crippen LogP contribution is 2.15. The Bertz CT molecular complexity index is 664. The van der Waals surface area contributed by atoms with Gasteiger partial charge >= 0.3 is 0 Å². The lowest BCUT2D eigenvalue weighted by Gasteiger charge is -2.08. The maximum Gasteiger partial charge on any atom is 0.241 e. The fourth-order valence-electron chi connectivity index (χ4n) is 1.61. The fraction of sp³-hybridized carbons (Fsp3) is 0.250. The predicted octanol–water partition coefficient (Wildman–Crippen LogP) is 0.954. The Morgan fingerprint density at radius 1 is 1.37 bits per heavy atom. The first-order chi connectivity index (χ1) is 9.03. The number of hydrogen-bond donors (Lipinski definition) is 2. The third kappa shape index (κ3) is 3.19. The highest BCUT2D eigenvalue weighted by atomic mass is 32.2. The van der Waals surface area contributed by atoms with Crippen molar-refractivity contribution in [3.05, 3.63) is 47.7 Å². The molecule has 0 saturated carbocycles. The van der Waals surface area contributed by atoms with Gasteiger partial charge in [-0.1, -0.05) is 18.2 Å². The van der Waals surface area contributed by atoms with Crippen LogP contribution in [0.3, 0.4) is 0 Å². The molecule has 0 spiro atoms. The molecule has 0 aliphatic rings. The topological polar surface area (TPSA) is 92.4 Å². The van der Waals surface area contributed by atoms with Crippen molar-refractivity contribution < 1.29 is 17.9 Å². The zero-order valence-corrected chi connectivity index (χ0v) is 11.1. The molecule has 2 N–H and O–H groups in total. The summed E-state index contributed by atoms with van der Waals surface area (Å²) in [4.78, 5) is 3.97. The summed E-state index contributed by atoms with van der Waals surface area (Å²) < 4.78 is 31.8. The fourth-order valence-corrected chi connectivity index (χ4v) is 2.82. The van der Waals surface area contributed by atoms with E-state index in [0.717, 1.165) is 0 Å². The van der Waals surface area contributed by atoms with Crippen LogP contribution in [0.25, 0.3) is 0 Å². The quantitative estimate of drug-likeness (QED) is 0.852. The standard InChI is InChI=1S/C12H14N2O4S/c1-9-6-13-12(18-9)7-14-19(16,17)11-5-3-2-4-10(11)8-15/h2-6,14-15H,7-8H2,1H3. The lowest BCUT2D eigenvalue weighted by Crippen LogP contribution is -2.24. The third-order valence-corrected chi connectivity index (χ3v) is 4.02. The number of oxazole rings is 1. The minimum Gasteiger partial charge on any atom is -0.445 e. The molecule has 0 saturated heterocycles. The van der Waals surface area contributed by atoms with E-state index in [0.29, 0.717) is 17.2 Å². The van der Waals surface area contributed by atoms with Crippen LogP contribution >= 0.6 is 0 Å². The van der Waals surface area contributed by atoms with E-state index in [1.807, 2.05) is 0 Å². The van der Waals surface area contributed by atoms with Gasteiger partial charge in [0.25, 0.3) is 0 Å². The summed E-state index contributed by atoms with van der Waals surface area (Å²) in [5.41, 5.74) is 0.346. The monoisotopic (exact) mass is 282 g/mol. The molecule has 19 heavy (non-hydrogen) atoms. The van der Waals surface area contributed by atoms with Crippen LogP contribution in [0.1, 0.15) is 17.2 Å². The summed E-state index contributed by atoms with van der Waals surface area (Å²) in [6.07, 6.45) is 1.52. The Labute approximate surface area is 111 Å². The average molecular weight is 282 g/mol. The average Bonchev–Trinajstić information content (AvgIpc) is 2.82. The first-order valence-corrected chi connectivity index (χ1v) is 7.11. The van der Waals surface area contributed by atoms with Gasteiger partial charge in [-0.3, -0.25) is 0 Å². The molecule has 0 bridgehead atoms. The number of nitrogens with zero attached hydrogens (tertiary/aromatic N) is 1. The number of benzene rings is 1. The van der Waals surface area contributed by atoms with Crippen LogP contribution in [0.2, 0.25) is 0 Å². The van der Waals surface area contributed by atoms with Gasteiger partial charge in [-0.2, -0.15) is 0 Å². The lowest BCUT2D eigenvalue weighted by molar-refractivity contribution is 0.278. The molecule has 0 fully saturated rings. The molecule has 0 radical (unpaired) electrons. The molecule has 2 rings (SSSR count). The molecule has 1 heterocycles. The molecule has 7 heteroatoms. The smallest absolute Gasteiger partial charge is 0.241 e. The zero-order valence-electron chi connectivity index (χ0n) is 10.3. The molecule has 1 aromatic carbocycles. The predicted molar refractivity (Wildman–Crippen MR) is 67.6 cm³/mol. The normalized spacial score (nSPS) is 11.7. The SMILES string of the molecule is Cc1cnc(CNS(=O)(=O)c2ccccc2CO)o1. The Balaban J connectivity index is 2.18. The van der Waals surface area contributed by atoms with Gasteiger partial charge in [0.05, 0.1) is 24.2 Å². The van der Waals surface area contributed by atoms with E-state index >= 15 is 0 Å². The van der Waals surface area contributed by atoms with E-state index in [2.05, 4.69) is 9.71 Å². The van der Waals surface area contributed by atoms with Crippen LogP contribution in [-0.2, 0) is 23.2 Å². The van der Waals surface area contributed by atoms with E-state index < -0.39 is 10.0 Å². The third-order valence-electron chi connectivity index (χ3n) is 2.52. The first-order valence-electron chi connectivity index (χ1n) is 5.62. The number of hydrogen-bond acceptors (Lipinski definition) is 5. The number of aryl methyl sites for hydroxylation is 1. The van der Waals surface area contributed by atoms with Crippen LogP contribution in [-0.4, -0.2) is 18.5 Å². The van der Waals surface area contributed by atoms with Crippen LogP contribution in [0.4, 0.5) is 0 Å². The van der Waals surface area contributed by atoms with Crippen molar-refractivity contribution in [2.75, 3.05) is 0 Å². The van der Waals surface area contributed by atoms with E-state index in [4.69, 9.17) is 9.52 Å². The van der Waals surface area contributed by atoms with Crippen LogP contribution < -0.4 is 4.72 Å². The van der Waals surface area contributed by atoms with E-state index in [1.165, 1.54) is 12.3 Å². The van der Waals surface area contributed by atoms with Crippen molar-refractivity contribution >= 4 is 10.0 Å². The molecule has 6 nitrogen and oxygen atoms in total. The van der Waals surface area contributed by atoms with Crippen molar-refractivity contribution in [2.45, 2.75) is 25.0 Å². The van der Waals surface area contributed by atoms with Gasteiger partial charge in [-0.15, -0.1) is 0 Å². The molecular weight excluding hydrogens is 268 g/mol. The van der Waals surface area contributed by atoms with Crippen molar-refractivity contribution in [1.29, 1.82) is 0 Å². The largest absolute Gasteiger partial charge is 0.445 e. The maximum absolute atomic E-state index is 12.1. The second-order valence-electron chi connectivity index (χ2n) is 3.96. The molecule has 1 aromatic heterocycles. The van der Waals surface area contributed by atoms with Gasteiger partial charge in [0.15, 0.2) is 0 Å².